The minimum absolute atomic E-state index is 0.207. The quantitative estimate of drug-likeness (QED) is 0.383. The average molecular weight is 532 g/mol. The first-order valence-corrected chi connectivity index (χ1v) is 14.4. The van der Waals surface area contributed by atoms with Crippen molar-refractivity contribution in [3.8, 4) is 0 Å². The third-order valence-corrected chi connectivity index (χ3v) is 7.92. The molecule has 2 amide bonds. The van der Waals surface area contributed by atoms with E-state index in [-0.39, 0.29) is 11.8 Å². The van der Waals surface area contributed by atoms with Crippen LogP contribution in [0.15, 0.2) is 82.6 Å². The molecule has 1 N–H and O–H groups in total. The SMILES string of the molecule is CC(C)CN(CCNC(=O)c1ccc2c(c1)N(Cc1ccccc1)C(=O)c1ccccc1S2=O)CC(C)C. The summed E-state index contributed by atoms with van der Waals surface area (Å²) in [6, 6.07) is 21.8. The standard InChI is InChI=1S/C31H37N3O3S/c1-22(2)19-33(20-23(3)4)17-16-32-30(35)25-14-15-29-27(18-25)34(21-24-10-6-5-7-11-24)31(36)26-12-8-9-13-28(26)38(29)37/h5-15,18,22-23H,16-17,19-21H2,1-4H3,(H,32,35). The Morgan fingerprint density at radius 3 is 2.24 bits per heavy atom. The highest BCUT2D eigenvalue weighted by molar-refractivity contribution is 7.85. The molecule has 0 spiro atoms. The molecule has 1 atom stereocenters. The molecule has 3 aromatic carbocycles. The lowest BCUT2D eigenvalue weighted by Gasteiger charge is -2.26. The smallest absolute Gasteiger partial charge is 0.259 e. The second kappa shape index (κ2) is 12.5. The van der Waals surface area contributed by atoms with Crippen molar-refractivity contribution in [2.24, 2.45) is 11.8 Å². The van der Waals surface area contributed by atoms with Crippen molar-refractivity contribution in [1.82, 2.24) is 10.2 Å². The molecule has 0 saturated heterocycles. The molecule has 3 aromatic rings. The Hall–Kier alpha value is -3.29. The largest absolute Gasteiger partial charge is 0.351 e. The van der Waals surface area contributed by atoms with Gasteiger partial charge in [0.25, 0.3) is 11.8 Å². The second-order valence-corrected chi connectivity index (χ2v) is 12.0. The van der Waals surface area contributed by atoms with Crippen LogP contribution in [0.25, 0.3) is 0 Å². The van der Waals surface area contributed by atoms with Crippen LogP contribution in [0.3, 0.4) is 0 Å². The molecular weight excluding hydrogens is 494 g/mol. The number of hydrogen-bond donors (Lipinski definition) is 1. The van der Waals surface area contributed by atoms with Crippen LogP contribution in [0.2, 0.25) is 0 Å². The summed E-state index contributed by atoms with van der Waals surface area (Å²) in [5.41, 5.74) is 2.31. The molecule has 0 aromatic heterocycles. The van der Waals surface area contributed by atoms with Gasteiger partial charge in [-0.15, -0.1) is 0 Å². The van der Waals surface area contributed by atoms with Crippen LogP contribution in [0.5, 0.6) is 0 Å². The third-order valence-electron chi connectivity index (χ3n) is 6.42. The van der Waals surface area contributed by atoms with Crippen molar-refractivity contribution in [2.75, 3.05) is 31.1 Å². The zero-order chi connectivity index (χ0) is 27.2. The summed E-state index contributed by atoms with van der Waals surface area (Å²) >= 11 is 0. The second-order valence-electron chi connectivity index (χ2n) is 10.6. The van der Waals surface area contributed by atoms with Gasteiger partial charge in [-0.05, 0) is 47.7 Å². The molecule has 38 heavy (non-hydrogen) atoms. The Labute approximate surface area is 228 Å². The topological polar surface area (TPSA) is 69.7 Å². The van der Waals surface area contributed by atoms with Crippen molar-refractivity contribution in [3.63, 3.8) is 0 Å². The first-order valence-electron chi connectivity index (χ1n) is 13.3. The van der Waals surface area contributed by atoms with E-state index < -0.39 is 10.8 Å². The number of nitrogens with zero attached hydrogens (tertiary/aromatic N) is 2. The van der Waals surface area contributed by atoms with Crippen LogP contribution in [0, 0.1) is 11.8 Å². The molecule has 200 valence electrons. The van der Waals surface area contributed by atoms with E-state index in [1.165, 1.54) is 0 Å². The van der Waals surface area contributed by atoms with Gasteiger partial charge in [0.15, 0.2) is 0 Å². The Balaban J connectivity index is 1.61. The van der Waals surface area contributed by atoms with Gasteiger partial charge >= 0.3 is 0 Å². The molecule has 0 bridgehead atoms. The lowest BCUT2D eigenvalue weighted by molar-refractivity contribution is 0.0943. The fourth-order valence-corrected chi connectivity index (χ4v) is 6.19. The Morgan fingerprint density at radius 1 is 0.895 bits per heavy atom. The van der Waals surface area contributed by atoms with Crippen LogP contribution in [-0.4, -0.2) is 47.1 Å². The molecule has 0 saturated carbocycles. The molecule has 0 fully saturated rings. The maximum atomic E-state index is 13.7. The number of anilines is 1. The number of rotatable bonds is 10. The lowest BCUT2D eigenvalue weighted by Crippen LogP contribution is -2.38. The summed E-state index contributed by atoms with van der Waals surface area (Å²) in [6.07, 6.45) is 0. The predicted octanol–water partition coefficient (Wildman–Crippen LogP) is 5.36. The fraction of sp³-hybridized carbons (Fsp3) is 0.355. The maximum absolute atomic E-state index is 13.7. The summed E-state index contributed by atoms with van der Waals surface area (Å²) < 4.78 is 13.6. The first-order chi connectivity index (χ1) is 18.2. The number of carbonyl (C=O) groups is 2. The zero-order valence-corrected chi connectivity index (χ0v) is 23.5. The van der Waals surface area contributed by atoms with Crippen LogP contribution in [-0.2, 0) is 17.3 Å². The summed E-state index contributed by atoms with van der Waals surface area (Å²) in [4.78, 5) is 31.9. The van der Waals surface area contributed by atoms with Crippen LogP contribution < -0.4 is 10.2 Å². The van der Waals surface area contributed by atoms with Gasteiger partial charge < -0.3 is 15.1 Å². The summed E-state index contributed by atoms with van der Waals surface area (Å²) in [5.74, 6) is 0.660. The normalized spacial score (nSPS) is 15.0. The van der Waals surface area contributed by atoms with Gasteiger partial charge in [0.2, 0.25) is 0 Å². The number of fused-ring (bicyclic) bond motifs is 2. The number of amides is 2. The van der Waals surface area contributed by atoms with Crippen molar-refractivity contribution >= 4 is 28.3 Å². The van der Waals surface area contributed by atoms with Gasteiger partial charge in [-0.3, -0.25) is 9.59 Å². The number of hydrogen-bond acceptors (Lipinski definition) is 4. The van der Waals surface area contributed by atoms with Crippen LogP contribution >= 0.6 is 0 Å². The molecular formula is C31H37N3O3S. The number of nitrogens with one attached hydrogen (secondary N) is 1. The predicted molar refractivity (Wildman–Crippen MR) is 153 cm³/mol. The minimum Gasteiger partial charge on any atom is -0.351 e. The Kier molecular flexibility index (Phi) is 9.13. The maximum Gasteiger partial charge on any atom is 0.259 e. The van der Waals surface area contributed by atoms with E-state index in [9.17, 15) is 13.8 Å². The highest BCUT2D eigenvalue weighted by Gasteiger charge is 2.31. The van der Waals surface area contributed by atoms with E-state index in [1.807, 2.05) is 30.3 Å². The van der Waals surface area contributed by atoms with E-state index >= 15 is 0 Å². The van der Waals surface area contributed by atoms with Gasteiger partial charge in [-0.1, -0.05) is 70.2 Å². The van der Waals surface area contributed by atoms with Gasteiger partial charge in [0.05, 0.1) is 38.4 Å². The fourth-order valence-electron chi connectivity index (χ4n) is 4.85. The molecule has 1 heterocycles. The van der Waals surface area contributed by atoms with Crippen molar-refractivity contribution in [1.29, 1.82) is 0 Å². The average Bonchev–Trinajstić information content (AvgIpc) is 2.98. The van der Waals surface area contributed by atoms with Gasteiger partial charge in [-0.2, -0.15) is 0 Å². The van der Waals surface area contributed by atoms with E-state index in [4.69, 9.17) is 0 Å². The summed E-state index contributed by atoms with van der Waals surface area (Å²) in [7, 11) is -1.55. The van der Waals surface area contributed by atoms with Gasteiger partial charge in [0.1, 0.15) is 0 Å². The number of carbonyl (C=O) groups excluding carboxylic acids is 2. The van der Waals surface area contributed by atoms with E-state index in [1.54, 1.807) is 47.4 Å². The number of benzene rings is 3. The van der Waals surface area contributed by atoms with E-state index in [2.05, 4.69) is 37.9 Å². The molecule has 1 aliphatic heterocycles. The van der Waals surface area contributed by atoms with E-state index in [0.717, 1.165) is 25.2 Å². The third kappa shape index (κ3) is 6.58. The molecule has 6 nitrogen and oxygen atoms in total. The molecule has 1 aliphatic rings. The van der Waals surface area contributed by atoms with Gasteiger partial charge in [0, 0.05) is 31.7 Å². The zero-order valence-electron chi connectivity index (χ0n) is 22.6. The van der Waals surface area contributed by atoms with Crippen molar-refractivity contribution < 1.29 is 13.8 Å². The molecule has 4 rings (SSSR count). The minimum atomic E-state index is -1.55. The van der Waals surface area contributed by atoms with Crippen molar-refractivity contribution in [3.05, 3.63) is 89.5 Å². The van der Waals surface area contributed by atoms with Gasteiger partial charge in [-0.25, -0.2) is 4.21 Å². The molecule has 0 aliphatic carbocycles. The Morgan fingerprint density at radius 2 is 1.55 bits per heavy atom. The molecule has 0 radical (unpaired) electrons. The summed E-state index contributed by atoms with van der Waals surface area (Å²) in [6.45, 7) is 12.4. The summed E-state index contributed by atoms with van der Waals surface area (Å²) in [5, 5.41) is 3.04. The molecule has 7 heteroatoms. The monoisotopic (exact) mass is 531 g/mol. The van der Waals surface area contributed by atoms with Crippen LogP contribution in [0.4, 0.5) is 5.69 Å². The Bertz CT molecular complexity index is 1300. The van der Waals surface area contributed by atoms with E-state index in [0.29, 0.717) is 51.5 Å². The lowest BCUT2D eigenvalue weighted by atomic mass is 10.1. The first kappa shape index (κ1) is 27.7. The van der Waals surface area contributed by atoms with Crippen molar-refractivity contribution in [2.45, 2.75) is 44.0 Å². The van der Waals surface area contributed by atoms with Crippen LogP contribution in [0.1, 0.15) is 54.0 Å². The highest BCUT2D eigenvalue weighted by Crippen LogP contribution is 2.36. The highest BCUT2D eigenvalue weighted by atomic mass is 32.2. The molecule has 1 unspecified atom stereocenters.